The van der Waals surface area contributed by atoms with Gasteiger partial charge in [-0.05, 0) is 19.1 Å². The van der Waals surface area contributed by atoms with Crippen molar-refractivity contribution < 1.29 is 14.7 Å². The number of para-hydroxylation sites is 1. The lowest BCUT2D eigenvalue weighted by molar-refractivity contribution is -0.118. The Kier molecular flexibility index (Phi) is 4.23. The van der Waals surface area contributed by atoms with Gasteiger partial charge in [0, 0.05) is 18.1 Å². The Hall–Kier alpha value is -2.41. The molecular formula is C14H14N2O4S. The number of carbonyl (C=O) groups is 2. The second-order valence-corrected chi connectivity index (χ2v) is 5.32. The monoisotopic (exact) mass is 306 g/mol. The Morgan fingerprint density at radius 3 is 2.57 bits per heavy atom. The SMILES string of the molecule is Cc1csc(=O)n1CC(=O)N(C)c1ccccc1C(=O)O. The van der Waals surface area contributed by atoms with Crippen LogP contribution in [0.5, 0.6) is 0 Å². The summed E-state index contributed by atoms with van der Waals surface area (Å²) in [5.74, 6) is -1.46. The summed E-state index contributed by atoms with van der Waals surface area (Å²) in [4.78, 5) is 36.1. The average molecular weight is 306 g/mol. The number of aromatic nitrogens is 1. The molecule has 0 saturated heterocycles. The number of thiazole rings is 1. The second-order valence-electron chi connectivity index (χ2n) is 4.50. The minimum atomic E-state index is -1.10. The maximum absolute atomic E-state index is 12.3. The number of carboxylic acids is 1. The molecule has 2 aromatic rings. The molecule has 1 aromatic heterocycles. The van der Waals surface area contributed by atoms with Crippen LogP contribution in [-0.2, 0) is 11.3 Å². The summed E-state index contributed by atoms with van der Waals surface area (Å²) < 4.78 is 1.37. The minimum Gasteiger partial charge on any atom is -0.478 e. The molecule has 0 radical (unpaired) electrons. The summed E-state index contributed by atoms with van der Waals surface area (Å²) in [5, 5.41) is 10.8. The first-order valence-corrected chi connectivity index (χ1v) is 7.03. The predicted octanol–water partition coefficient (Wildman–Crippen LogP) is 1.58. The fourth-order valence-corrected chi connectivity index (χ4v) is 2.65. The van der Waals surface area contributed by atoms with Gasteiger partial charge in [-0.2, -0.15) is 0 Å². The molecule has 0 spiro atoms. The van der Waals surface area contributed by atoms with Crippen molar-refractivity contribution in [3.8, 4) is 0 Å². The first-order valence-electron chi connectivity index (χ1n) is 6.15. The third-order valence-electron chi connectivity index (χ3n) is 3.14. The number of benzene rings is 1. The maximum atomic E-state index is 12.3. The molecule has 0 saturated carbocycles. The molecule has 1 heterocycles. The van der Waals surface area contributed by atoms with Gasteiger partial charge in [0.15, 0.2) is 0 Å². The summed E-state index contributed by atoms with van der Waals surface area (Å²) in [6.45, 7) is 1.63. The van der Waals surface area contributed by atoms with Crippen LogP contribution < -0.4 is 9.77 Å². The van der Waals surface area contributed by atoms with E-state index in [1.54, 1.807) is 30.5 Å². The third kappa shape index (κ3) is 3.03. The van der Waals surface area contributed by atoms with E-state index < -0.39 is 5.97 Å². The topological polar surface area (TPSA) is 79.6 Å². The Morgan fingerprint density at radius 1 is 1.33 bits per heavy atom. The van der Waals surface area contributed by atoms with Crippen LogP contribution in [0, 0.1) is 6.92 Å². The van der Waals surface area contributed by atoms with Gasteiger partial charge in [0.1, 0.15) is 6.54 Å². The molecular weight excluding hydrogens is 292 g/mol. The van der Waals surface area contributed by atoms with Crippen molar-refractivity contribution in [1.82, 2.24) is 4.57 Å². The number of aromatic carboxylic acids is 1. The van der Waals surface area contributed by atoms with E-state index in [1.807, 2.05) is 0 Å². The van der Waals surface area contributed by atoms with Crippen LogP contribution in [0.3, 0.4) is 0 Å². The van der Waals surface area contributed by atoms with E-state index in [-0.39, 0.29) is 22.9 Å². The van der Waals surface area contributed by atoms with Crippen molar-refractivity contribution in [2.24, 2.45) is 0 Å². The van der Waals surface area contributed by atoms with Gasteiger partial charge < -0.3 is 10.0 Å². The van der Waals surface area contributed by atoms with Crippen molar-refractivity contribution in [3.05, 3.63) is 50.6 Å². The highest BCUT2D eigenvalue weighted by Gasteiger charge is 2.19. The predicted molar refractivity (Wildman–Crippen MR) is 80.1 cm³/mol. The molecule has 0 bridgehead atoms. The molecule has 110 valence electrons. The van der Waals surface area contributed by atoms with E-state index in [0.29, 0.717) is 11.4 Å². The number of rotatable bonds is 4. The first-order chi connectivity index (χ1) is 9.91. The zero-order valence-corrected chi connectivity index (χ0v) is 12.4. The van der Waals surface area contributed by atoms with E-state index in [1.165, 1.54) is 22.6 Å². The number of hydrogen-bond donors (Lipinski definition) is 1. The first kappa shape index (κ1) is 15.0. The molecule has 21 heavy (non-hydrogen) atoms. The van der Waals surface area contributed by atoms with Crippen molar-refractivity contribution in [2.75, 3.05) is 11.9 Å². The lowest BCUT2D eigenvalue weighted by atomic mass is 10.1. The number of amides is 1. The molecule has 0 aliphatic rings. The Morgan fingerprint density at radius 2 is 2.00 bits per heavy atom. The zero-order chi connectivity index (χ0) is 15.6. The van der Waals surface area contributed by atoms with E-state index in [4.69, 9.17) is 5.11 Å². The van der Waals surface area contributed by atoms with Gasteiger partial charge in [-0.3, -0.25) is 14.2 Å². The lowest BCUT2D eigenvalue weighted by Gasteiger charge is -2.19. The number of hydrogen-bond acceptors (Lipinski definition) is 4. The van der Waals surface area contributed by atoms with Gasteiger partial charge in [-0.1, -0.05) is 23.5 Å². The Labute approximate surface area is 124 Å². The van der Waals surface area contributed by atoms with Crippen LogP contribution >= 0.6 is 11.3 Å². The van der Waals surface area contributed by atoms with Crippen LogP contribution in [0.15, 0.2) is 34.4 Å². The van der Waals surface area contributed by atoms with Gasteiger partial charge in [0.2, 0.25) is 5.91 Å². The van der Waals surface area contributed by atoms with E-state index in [9.17, 15) is 14.4 Å². The van der Waals surface area contributed by atoms with Crippen LogP contribution in [0.1, 0.15) is 16.1 Å². The molecule has 0 unspecified atom stereocenters. The molecule has 0 aliphatic heterocycles. The van der Waals surface area contributed by atoms with Gasteiger partial charge >= 0.3 is 10.8 Å². The summed E-state index contributed by atoms with van der Waals surface area (Å²) in [6, 6.07) is 6.25. The molecule has 0 atom stereocenters. The third-order valence-corrected chi connectivity index (χ3v) is 4.02. The highest BCUT2D eigenvalue weighted by molar-refractivity contribution is 7.07. The highest BCUT2D eigenvalue weighted by Crippen LogP contribution is 2.19. The summed E-state index contributed by atoms with van der Waals surface area (Å²) >= 11 is 1.03. The Bertz CT molecular complexity index is 747. The molecule has 2 rings (SSSR count). The standard InChI is InChI=1S/C14H14N2O4S/c1-9-8-21-14(20)16(9)7-12(17)15(2)11-6-4-3-5-10(11)13(18)19/h3-6,8H,7H2,1-2H3,(H,18,19). The highest BCUT2D eigenvalue weighted by atomic mass is 32.1. The largest absolute Gasteiger partial charge is 0.478 e. The smallest absolute Gasteiger partial charge is 0.337 e. The second kappa shape index (κ2) is 5.92. The van der Waals surface area contributed by atoms with E-state index in [2.05, 4.69) is 0 Å². The number of anilines is 1. The number of aryl methyl sites for hydroxylation is 1. The molecule has 1 aromatic carbocycles. The summed E-state index contributed by atoms with van der Waals surface area (Å²) in [6.07, 6.45) is 0. The summed E-state index contributed by atoms with van der Waals surface area (Å²) in [7, 11) is 1.50. The van der Waals surface area contributed by atoms with Crippen LogP contribution in [0.4, 0.5) is 5.69 Å². The van der Waals surface area contributed by atoms with Gasteiger partial charge in [0.05, 0.1) is 11.3 Å². The molecule has 7 heteroatoms. The average Bonchev–Trinajstić information content (AvgIpc) is 2.78. The van der Waals surface area contributed by atoms with E-state index >= 15 is 0 Å². The molecule has 1 N–H and O–H groups in total. The van der Waals surface area contributed by atoms with Crippen molar-refractivity contribution >= 4 is 28.9 Å². The van der Waals surface area contributed by atoms with Crippen LogP contribution in [0.2, 0.25) is 0 Å². The van der Waals surface area contributed by atoms with Crippen molar-refractivity contribution in [3.63, 3.8) is 0 Å². The van der Waals surface area contributed by atoms with E-state index in [0.717, 1.165) is 11.3 Å². The van der Waals surface area contributed by atoms with Gasteiger partial charge in [-0.25, -0.2) is 4.79 Å². The zero-order valence-electron chi connectivity index (χ0n) is 11.6. The number of carboxylic acid groups (broad SMARTS) is 1. The van der Waals surface area contributed by atoms with Gasteiger partial charge in [0.25, 0.3) is 0 Å². The fraction of sp³-hybridized carbons (Fsp3) is 0.214. The number of carbonyl (C=O) groups excluding carboxylic acids is 1. The summed E-state index contributed by atoms with van der Waals surface area (Å²) in [5.41, 5.74) is 1.05. The fourth-order valence-electron chi connectivity index (χ4n) is 1.92. The van der Waals surface area contributed by atoms with Gasteiger partial charge in [-0.15, -0.1) is 0 Å². The maximum Gasteiger partial charge on any atom is 0.337 e. The molecule has 1 amide bonds. The lowest BCUT2D eigenvalue weighted by Crippen LogP contribution is -2.33. The Balaban J connectivity index is 2.28. The molecule has 0 fully saturated rings. The molecule has 0 aliphatic carbocycles. The van der Waals surface area contributed by atoms with Crippen LogP contribution in [0.25, 0.3) is 0 Å². The number of nitrogens with zero attached hydrogens (tertiary/aromatic N) is 2. The minimum absolute atomic E-state index is 0.0442. The van der Waals surface area contributed by atoms with Crippen molar-refractivity contribution in [2.45, 2.75) is 13.5 Å². The quantitative estimate of drug-likeness (QED) is 0.930. The van der Waals surface area contributed by atoms with Crippen molar-refractivity contribution in [1.29, 1.82) is 0 Å². The van der Waals surface area contributed by atoms with Crippen LogP contribution in [-0.4, -0.2) is 28.6 Å². The molecule has 6 nitrogen and oxygen atoms in total. The number of likely N-dealkylation sites (N-methyl/N-ethyl adjacent to an activating group) is 1. The normalized spacial score (nSPS) is 10.4.